The highest BCUT2D eigenvalue weighted by Gasteiger charge is 2.28. The Morgan fingerprint density at radius 2 is 2.04 bits per heavy atom. The number of ether oxygens (including phenoxy) is 1. The van der Waals surface area contributed by atoms with Crippen molar-refractivity contribution in [1.82, 2.24) is 4.98 Å². The summed E-state index contributed by atoms with van der Waals surface area (Å²) >= 11 is 12.3. The van der Waals surface area contributed by atoms with Crippen molar-refractivity contribution >= 4 is 40.3 Å². The van der Waals surface area contributed by atoms with E-state index in [9.17, 15) is 4.39 Å². The number of hydrogen-bond acceptors (Lipinski definition) is 3. The van der Waals surface area contributed by atoms with Gasteiger partial charge in [0.25, 0.3) is 0 Å². The van der Waals surface area contributed by atoms with E-state index in [1.54, 1.807) is 35.4 Å². The quantitative estimate of drug-likeness (QED) is 0.474. The Labute approximate surface area is 155 Å². The summed E-state index contributed by atoms with van der Waals surface area (Å²) in [5.41, 5.74) is 2.18. The van der Waals surface area contributed by atoms with Crippen LogP contribution in [0.15, 0.2) is 61.0 Å². The van der Waals surface area contributed by atoms with Gasteiger partial charge in [0.2, 0.25) is 0 Å². The first-order valence-corrected chi connectivity index (χ1v) is 8.33. The molecular formula is C19H15Cl2FN2O. The van der Waals surface area contributed by atoms with Crippen molar-refractivity contribution in [3.63, 3.8) is 0 Å². The van der Waals surface area contributed by atoms with Crippen LogP contribution in [0.2, 0.25) is 10.2 Å². The van der Waals surface area contributed by atoms with Crippen molar-refractivity contribution in [3.05, 3.63) is 82.6 Å². The third kappa shape index (κ3) is 3.15. The number of hydrogen-bond donors (Lipinski definition) is 0. The van der Waals surface area contributed by atoms with E-state index >= 15 is 0 Å². The number of fused-ring (bicyclic) bond motifs is 1. The number of anilines is 2. The zero-order valence-electron chi connectivity index (χ0n) is 13.5. The topological polar surface area (TPSA) is 25.4 Å². The first kappa shape index (κ1) is 17.5. The molecule has 2 aromatic rings. The second kappa shape index (κ2) is 6.90. The smallest absolute Gasteiger partial charge is 0.148 e. The normalized spacial score (nSPS) is 13.4. The molecule has 1 aromatic heterocycles. The zero-order valence-corrected chi connectivity index (χ0v) is 15.0. The van der Waals surface area contributed by atoms with Crippen LogP contribution < -0.4 is 4.90 Å². The minimum atomic E-state index is -0.481. The number of allylic oxidation sites excluding steroid dienone is 1. The summed E-state index contributed by atoms with van der Waals surface area (Å²) in [7, 11) is 0. The standard InChI is InChI=1S/C19H15Cl2FN2O/c1-4-25-12(3)14-10-24(18-15(20)6-5-7-16(18)22)19-13(11(14)2)8-9-17(21)23-19/h5-10H,2-4H2,1H3. The lowest BCUT2D eigenvalue weighted by molar-refractivity contribution is 0.241. The number of benzene rings is 1. The number of aromatic nitrogens is 1. The Morgan fingerprint density at radius 3 is 2.72 bits per heavy atom. The van der Waals surface area contributed by atoms with Gasteiger partial charge in [-0.25, -0.2) is 9.37 Å². The number of para-hydroxylation sites is 1. The monoisotopic (exact) mass is 376 g/mol. The van der Waals surface area contributed by atoms with Crippen molar-refractivity contribution in [2.75, 3.05) is 11.5 Å². The summed E-state index contributed by atoms with van der Waals surface area (Å²) in [4.78, 5) is 5.88. The lowest BCUT2D eigenvalue weighted by atomic mass is 9.95. The highest BCUT2D eigenvalue weighted by Crippen LogP contribution is 2.44. The molecule has 0 atom stereocenters. The molecule has 3 rings (SSSR count). The van der Waals surface area contributed by atoms with Gasteiger partial charge in [0.05, 0.1) is 11.6 Å². The molecule has 0 N–H and O–H groups in total. The summed E-state index contributed by atoms with van der Waals surface area (Å²) < 4.78 is 20.0. The minimum absolute atomic E-state index is 0.175. The van der Waals surface area contributed by atoms with Crippen LogP contribution in [0.25, 0.3) is 5.57 Å². The van der Waals surface area contributed by atoms with Gasteiger partial charge in [0, 0.05) is 17.3 Å². The van der Waals surface area contributed by atoms with E-state index < -0.39 is 5.82 Å². The van der Waals surface area contributed by atoms with E-state index in [0.717, 1.165) is 0 Å². The zero-order chi connectivity index (χ0) is 18.1. The molecule has 0 saturated heterocycles. The van der Waals surface area contributed by atoms with Crippen molar-refractivity contribution in [2.45, 2.75) is 6.92 Å². The van der Waals surface area contributed by atoms with E-state index in [-0.39, 0.29) is 15.9 Å². The van der Waals surface area contributed by atoms with Gasteiger partial charge in [-0.1, -0.05) is 42.4 Å². The van der Waals surface area contributed by atoms with E-state index in [4.69, 9.17) is 27.9 Å². The lowest BCUT2D eigenvalue weighted by Crippen LogP contribution is -2.20. The Kier molecular flexibility index (Phi) is 4.84. The Morgan fingerprint density at radius 1 is 1.28 bits per heavy atom. The Bertz CT molecular complexity index is 888. The molecule has 1 aliphatic heterocycles. The summed E-state index contributed by atoms with van der Waals surface area (Å²) in [6.07, 6.45) is 1.66. The van der Waals surface area contributed by atoms with Gasteiger partial charge in [-0.2, -0.15) is 0 Å². The molecule has 0 bridgehead atoms. The van der Waals surface area contributed by atoms with Crippen LogP contribution in [0.5, 0.6) is 0 Å². The first-order valence-electron chi connectivity index (χ1n) is 7.57. The second-order valence-corrected chi connectivity index (χ2v) is 6.12. The second-order valence-electron chi connectivity index (χ2n) is 5.32. The summed E-state index contributed by atoms with van der Waals surface area (Å²) in [5, 5.41) is 0.530. The molecule has 0 fully saturated rings. The predicted molar refractivity (Wildman–Crippen MR) is 101 cm³/mol. The number of nitrogens with zero attached hydrogens (tertiary/aromatic N) is 2. The van der Waals surface area contributed by atoms with Gasteiger partial charge in [0.15, 0.2) is 0 Å². The highest BCUT2D eigenvalue weighted by molar-refractivity contribution is 6.33. The molecule has 25 heavy (non-hydrogen) atoms. The fourth-order valence-corrected chi connectivity index (χ4v) is 3.04. The summed E-state index contributed by atoms with van der Waals surface area (Å²) in [6.45, 7) is 10.3. The molecule has 3 nitrogen and oxygen atoms in total. The largest absolute Gasteiger partial charge is 0.494 e. The number of rotatable bonds is 4. The van der Waals surface area contributed by atoms with Gasteiger partial charge < -0.3 is 4.74 Å². The van der Waals surface area contributed by atoms with Crippen molar-refractivity contribution in [3.8, 4) is 0 Å². The maximum atomic E-state index is 14.5. The highest BCUT2D eigenvalue weighted by atomic mass is 35.5. The minimum Gasteiger partial charge on any atom is -0.494 e. The fraction of sp³-hybridized carbons (Fsp3) is 0.105. The molecule has 0 amide bonds. The average molecular weight is 377 g/mol. The lowest BCUT2D eigenvalue weighted by Gasteiger charge is -2.30. The van der Waals surface area contributed by atoms with Gasteiger partial charge in [0.1, 0.15) is 28.2 Å². The molecule has 128 valence electrons. The predicted octanol–water partition coefficient (Wildman–Crippen LogP) is 6.13. The van der Waals surface area contributed by atoms with Crippen molar-refractivity contribution in [1.29, 1.82) is 0 Å². The molecular weight excluding hydrogens is 362 g/mol. The van der Waals surface area contributed by atoms with Gasteiger partial charge in [-0.3, -0.25) is 4.90 Å². The van der Waals surface area contributed by atoms with E-state index in [0.29, 0.717) is 34.9 Å². The molecule has 6 heteroatoms. The van der Waals surface area contributed by atoms with E-state index in [2.05, 4.69) is 18.1 Å². The number of pyridine rings is 1. The molecule has 0 saturated carbocycles. The van der Waals surface area contributed by atoms with Gasteiger partial charge >= 0.3 is 0 Å². The average Bonchev–Trinajstić information content (AvgIpc) is 2.56. The summed E-state index contributed by atoms with van der Waals surface area (Å²) in [6, 6.07) is 7.92. The molecule has 1 aromatic carbocycles. The molecule has 1 aliphatic rings. The van der Waals surface area contributed by atoms with Crippen molar-refractivity contribution < 1.29 is 9.13 Å². The van der Waals surface area contributed by atoms with E-state index in [1.165, 1.54) is 6.07 Å². The molecule has 0 spiro atoms. The first-order chi connectivity index (χ1) is 11.9. The summed E-state index contributed by atoms with van der Waals surface area (Å²) in [5.74, 6) is 0.397. The van der Waals surface area contributed by atoms with Crippen LogP contribution in [0.4, 0.5) is 15.9 Å². The fourth-order valence-electron chi connectivity index (χ4n) is 2.64. The van der Waals surface area contributed by atoms with Crippen LogP contribution in [0.1, 0.15) is 12.5 Å². The van der Waals surface area contributed by atoms with Crippen molar-refractivity contribution in [2.24, 2.45) is 0 Å². The third-order valence-electron chi connectivity index (χ3n) is 3.78. The van der Waals surface area contributed by atoms with E-state index in [1.807, 2.05) is 6.92 Å². The Balaban J connectivity index is 2.25. The Hall–Kier alpha value is -2.30. The third-order valence-corrected chi connectivity index (χ3v) is 4.29. The van der Waals surface area contributed by atoms with Crippen LogP contribution in [0.3, 0.4) is 0 Å². The SMILES string of the molecule is C=C(OCC)C1=CN(c2c(F)cccc2Cl)c2nc(Cl)ccc2C1=C. The van der Waals surface area contributed by atoms with Crippen LogP contribution in [-0.2, 0) is 4.74 Å². The molecule has 2 heterocycles. The molecule has 0 unspecified atom stereocenters. The molecule has 0 aliphatic carbocycles. The van der Waals surface area contributed by atoms with Gasteiger partial charge in [-0.15, -0.1) is 0 Å². The maximum Gasteiger partial charge on any atom is 0.148 e. The van der Waals surface area contributed by atoms with Crippen LogP contribution in [0, 0.1) is 5.82 Å². The van der Waals surface area contributed by atoms with Crippen LogP contribution in [-0.4, -0.2) is 11.6 Å². The maximum absolute atomic E-state index is 14.5. The number of halogens is 3. The van der Waals surface area contributed by atoms with Gasteiger partial charge in [-0.05, 0) is 36.8 Å². The molecule has 0 radical (unpaired) electrons. The van der Waals surface area contributed by atoms with Crippen LogP contribution >= 0.6 is 23.2 Å².